The number of aromatic nitrogens is 1. The van der Waals surface area contributed by atoms with Crippen molar-refractivity contribution in [1.82, 2.24) is 10.3 Å². The van der Waals surface area contributed by atoms with Crippen LogP contribution in [0.2, 0.25) is 5.15 Å². The summed E-state index contributed by atoms with van der Waals surface area (Å²) in [7, 11) is 0. The van der Waals surface area contributed by atoms with Crippen LogP contribution in [0.1, 0.15) is 36.7 Å². The van der Waals surface area contributed by atoms with E-state index in [2.05, 4.69) is 43.2 Å². The minimum absolute atomic E-state index is 0.123. The number of hydrogen-bond acceptors (Lipinski definition) is 3. The minimum atomic E-state index is -0.194. The van der Waals surface area contributed by atoms with Crippen molar-refractivity contribution in [2.24, 2.45) is 0 Å². The fourth-order valence-corrected chi connectivity index (χ4v) is 2.20. The molecule has 5 heteroatoms. The first kappa shape index (κ1) is 17.3. The number of benzene rings is 1. The molecule has 0 fully saturated rings. The quantitative estimate of drug-likeness (QED) is 0.668. The van der Waals surface area contributed by atoms with E-state index in [-0.39, 0.29) is 11.3 Å². The number of rotatable bonds is 5. The molecule has 1 aromatic carbocycles. The summed E-state index contributed by atoms with van der Waals surface area (Å²) < 4.78 is 5.63. The second-order valence-corrected chi connectivity index (χ2v) is 6.63. The molecule has 0 radical (unpaired) electrons. The Balaban J connectivity index is 1.78. The number of amides is 1. The van der Waals surface area contributed by atoms with Crippen LogP contribution in [0.3, 0.4) is 0 Å². The van der Waals surface area contributed by atoms with Gasteiger partial charge in [-0.2, -0.15) is 0 Å². The van der Waals surface area contributed by atoms with Crippen LogP contribution in [0.5, 0.6) is 5.75 Å². The fraction of sp³-hybridized carbons (Fsp3) is 0.333. The van der Waals surface area contributed by atoms with E-state index in [1.807, 2.05) is 12.1 Å². The summed E-state index contributed by atoms with van der Waals surface area (Å²) in [5.74, 6) is 0.597. The lowest BCUT2D eigenvalue weighted by Gasteiger charge is -2.19. The lowest BCUT2D eigenvalue weighted by molar-refractivity contribution is 0.0947. The standard InChI is InChI=1S/C18H21ClN2O2/c1-18(2,3)14-4-6-15(7-5-14)23-11-10-21-17(22)13-8-9-20-16(19)12-13/h4-9,12H,10-11H2,1-3H3,(H,21,22). The molecular weight excluding hydrogens is 312 g/mol. The van der Waals surface area contributed by atoms with Crippen LogP contribution in [-0.2, 0) is 5.41 Å². The highest BCUT2D eigenvalue weighted by Gasteiger charge is 2.13. The Bertz CT molecular complexity index is 663. The smallest absolute Gasteiger partial charge is 0.251 e. The zero-order chi connectivity index (χ0) is 16.9. The van der Waals surface area contributed by atoms with Gasteiger partial charge in [0.15, 0.2) is 0 Å². The molecule has 23 heavy (non-hydrogen) atoms. The third-order valence-electron chi connectivity index (χ3n) is 3.37. The van der Waals surface area contributed by atoms with Gasteiger partial charge in [0.1, 0.15) is 17.5 Å². The number of ether oxygens (including phenoxy) is 1. The molecule has 2 rings (SSSR count). The van der Waals surface area contributed by atoms with Gasteiger partial charge in [0.05, 0.1) is 6.54 Å². The summed E-state index contributed by atoms with van der Waals surface area (Å²) in [6.45, 7) is 7.33. The van der Waals surface area contributed by atoms with Crippen LogP contribution in [0, 0.1) is 0 Å². The van der Waals surface area contributed by atoms with Crippen LogP contribution in [0.15, 0.2) is 42.6 Å². The summed E-state index contributed by atoms with van der Waals surface area (Å²) in [6, 6.07) is 11.2. The van der Waals surface area contributed by atoms with Gasteiger partial charge in [0, 0.05) is 11.8 Å². The van der Waals surface area contributed by atoms with Gasteiger partial charge in [-0.1, -0.05) is 44.5 Å². The van der Waals surface area contributed by atoms with Gasteiger partial charge in [-0.25, -0.2) is 4.98 Å². The highest BCUT2D eigenvalue weighted by atomic mass is 35.5. The monoisotopic (exact) mass is 332 g/mol. The van der Waals surface area contributed by atoms with E-state index in [1.54, 1.807) is 6.07 Å². The molecule has 1 amide bonds. The average Bonchev–Trinajstić information content (AvgIpc) is 2.51. The van der Waals surface area contributed by atoms with Crippen molar-refractivity contribution < 1.29 is 9.53 Å². The zero-order valence-electron chi connectivity index (χ0n) is 13.6. The number of nitrogens with one attached hydrogen (secondary N) is 1. The van der Waals surface area contributed by atoms with E-state index in [0.29, 0.717) is 23.9 Å². The Morgan fingerprint density at radius 3 is 2.52 bits per heavy atom. The highest BCUT2D eigenvalue weighted by Crippen LogP contribution is 2.24. The molecule has 1 aromatic heterocycles. The van der Waals surface area contributed by atoms with Gasteiger partial charge in [-0.15, -0.1) is 0 Å². The third-order valence-corrected chi connectivity index (χ3v) is 3.57. The van der Waals surface area contributed by atoms with Crippen LogP contribution in [0.25, 0.3) is 0 Å². The van der Waals surface area contributed by atoms with Crippen molar-refractivity contribution in [3.05, 3.63) is 58.9 Å². The largest absolute Gasteiger partial charge is 0.492 e. The number of halogens is 1. The second-order valence-electron chi connectivity index (χ2n) is 6.25. The van der Waals surface area contributed by atoms with E-state index in [9.17, 15) is 4.79 Å². The summed E-state index contributed by atoms with van der Waals surface area (Å²) >= 11 is 5.76. The van der Waals surface area contributed by atoms with Crippen molar-refractivity contribution in [2.75, 3.05) is 13.2 Å². The Hall–Kier alpha value is -2.07. The molecule has 4 nitrogen and oxygen atoms in total. The van der Waals surface area contributed by atoms with Crippen LogP contribution in [-0.4, -0.2) is 24.0 Å². The molecule has 122 valence electrons. The van der Waals surface area contributed by atoms with E-state index in [1.165, 1.54) is 17.8 Å². The summed E-state index contributed by atoms with van der Waals surface area (Å²) in [5, 5.41) is 3.08. The molecule has 0 saturated carbocycles. The molecule has 0 unspecified atom stereocenters. The predicted octanol–water partition coefficient (Wildman–Crippen LogP) is 3.84. The molecule has 0 aliphatic rings. The van der Waals surface area contributed by atoms with Gasteiger partial charge >= 0.3 is 0 Å². The number of carbonyl (C=O) groups excluding carboxylic acids is 1. The number of pyridine rings is 1. The SMILES string of the molecule is CC(C)(C)c1ccc(OCCNC(=O)c2ccnc(Cl)c2)cc1. The minimum Gasteiger partial charge on any atom is -0.492 e. The summed E-state index contributed by atoms with van der Waals surface area (Å²) in [5.41, 5.74) is 1.87. The van der Waals surface area contributed by atoms with Crippen LogP contribution < -0.4 is 10.1 Å². The molecule has 0 aliphatic heterocycles. The first-order valence-corrected chi connectivity index (χ1v) is 7.87. The molecule has 0 spiro atoms. The Labute approximate surface area is 141 Å². The van der Waals surface area contributed by atoms with Crippen molar-refractivity contribution in [2.45, 2.75) is 26.2 Å². The van der Waals surface area contributed by atoms with Crippen molar-refractivity contribution in [3.63, 3.8) is 0 Å². The van der Waals surface area contributed by atoms with Gasteiger partial charge in [0.25, 0.3) is 5.91 Å². The Kier molecular flexibility index (Phi) is 5.61. The van der Waals surface area contributed by atoms with E-state index < -0.39 is 0 Å². The summed E-state index contributed by atoms with van der Waals surface area (Å²) in [6.07, 6.45) is 1.50. The molecular formula is C18H21ClN2O2. The normalized spacial score (nSPS) is 11.1. The van der Waals surface area contributed by atoms with E-state index in [4.69, 9.17) is 16.3 Å². The topological polar surface area (TPSA) is 51.2 Å². The maximum Gasteiger partial charge on any atom is 0.251 e. The molecule has 0 aliphatic carbocycles. The summed E-state index contributed by atoms with van der Waals surface area (Å²) in [4.78, 5) is 15.8. The van der Waals surface area contributed by atoms with Gasteiger partial charge in [0.2, 0.25) is 0 Å². The second kappa shape index (κ2) is 7.47. The molecule has 1 N–H and O–H groups in total. The lowest BCUT2D eigenvalue weighted by Crippen LogP contribution is -2.28. The van der Waals surface area contributed by atoms with Gasteiger partial charge < -0.3 is 10.1 Å². The number of nitrogens with zero attached hydrogens (tertiary/aromatic N) is 1. The third kappa shape index (κ3) is 5.25. The zero-order valence-corrected chi connectivity index (χ0v) is 14.4. The molecule has 2 aromatic rings. The lowest BCUT2D eigenvalue weighted by atomic mass is 9.87. The number of carbonyl (C=O) groups is 1. The van der Waals surface area contributed by atoms with E-state index in [0.717, 1.165) is 5.75 Å². The first-order valence-electron chi connectivity index (χ1n) is 7.49. The maximum absolute atomic E-state index is 11.9. The van der Waals surface area contributed by atoms with Crippen molar-refractivity contribution in [3.8, 4) is 5.75 Å². The fourth-order valence-electron chi connectivity index (χ4n) is 2.03. The Morgan fingerprint density at radius 2 is 1.91 bits per heavy atom. The van der Waals surface area contributed by atoms with E-state index >= 15 is 0 Å². The van der Waals surface area contributed by atoms with Gasteiger partial charge in [-0.3, -0.25) is 4.79 Å². The predicted molar refractivity (Wildman–Crippen MR) is 92.2 cm³/mol. The Morgan fingerprint density at radius 1 is 1.22 bits per heavy atom. The van der Waals surface area contributed by atoms with Crippen molar-refractivity contribution in [1.29, 1.82) is 0 Å². The molecule has 1 heterocycles. The highest BCUT2D eigenvalue weighted by molar-refractivity contribution is 6.29. The molecule has 0 bridgehead atoms. The van der Waals surface area contributed by atoms with Crippen LogP contribution >= 0.6 is 11.6 Å². The van der Waals surface area contributed by atoms with Crippen molar-refractivity contribution >= 4 is 17.5 Å². The molecule has 0 atom stereocenters. The average molecular weight is 333 g/mol. The van der Waals surface area contributed by atoms with Gasteiger partial charge in [-0.05, 0) is 35.2 Å². The van der Waals surface area contributed by atoms with Crippen LogP contribution in [0.4, 0.5) is 0 Å². The number of hydrogen-bond donors (Lipinski definition) is 1. The first-order chi connectivity index (χ1) is 10.9. The maximum atomic E-state index is 11.9. The molecule has 0 saturated heterocycles.